The van der Waals surface area contributed by atoms with E-state index >= 15 is 0 Å². The Morgan fingerprint density at radius 2 is 2.14 bits per heavy atom. The van der Waals surface area contributed by atoms with Crippen molar-refractivity contribution in [2.24, 2.45) is 10.9 Å². The van der Waals surface area contributed by atoms with Crippen molar-refractivity contribution in [3.8, 4) is 0 Å². The molecule has 0 aromatic carbocycles. The van der Waals surface area contributed by atoms with Crippen LogP contribution in [-0.2, 0) is 0 Å². The molecule has 4 heteroatoms. The van der Waals surface area contributed by atoms with Crippen molar-refractivity contribution in [1.29, 1.82) is 0 Å². The maximum absolute atomic E-state index is 4.81. The molecule has 1 fully saturated rings. The van der Waals surface area contributed by atoms with E-state index in [1.807, 2.05) is 0 Å². The summed E-state index contributed by atoms with van der Waals surface area (Å²) in [5.41, 5.74) is 0. The van der Waals surface area contributed by atoms with Crippen LogP contribution in [0.15, 0.2) is 4.99 Å². The summed E-state index contributed by atoms with van der Waals surface area (Å²) in [6.45, 7) is 11.0. The Hall–Kier alpha value is -0.770. The van der Waals surface area contributed by atoms with Crippen LogP contribution in [0.1, 0.15) is 59.3 Å². The van der Waals surface area contributed by atoms with Crippen LogP contribution in [0, 0.1) is 5.92 Å². The van der Waals surface area contributed by atoms with Crippen LogP contribution in [0.3, 0.4) is 0 Å². The first-order chi connectivity index (χ1) is 10.2. The molecule has 0 aliphatic carbocycles. The topological polar surface area (TPSA) is 39.7 Å². The summed E-state index contributed by atoms with van der Waals surface area (Å²) >= 11 is 0. The van der Waals surface area contributed by atoms with Gasteiger partial charge < -0.3 is 15.5 Å². The van der Waals surface area contributed by atoms with Crippen molar-refractivity contribution >= 4 is 5.96 Å². The zero-order valence-corrected chi connectivity index (χ0v) is 14.6. The number of hydrogen-bond donors (Lipinski definition) is 2. The zero-order valence-electron chi connectivity index (χ0n) is 14.6. The first-order valence-electron chi connectivity index (χ1n) is 8.89. The van der Waals surface area contributed by atoms with Gasteiger partial charge in [0.05, 0.1) is 0 Å². The molecule has 124 valence electrons. The molecule has 21 heavy (non-hydrogen) atoms. The van der Waals surface area contributed by atoms with Crippen molar-refractivity contribution in [1.82, 2.24) is 15.5 Å². The summed E-state index contributed by atoms with van der Waals surface area (Å²) in [4.78, 5) is 7.24. The number of nitrogens with one attached hydrogen (secondary N) is 2. The maximum atomic E-state index is 4.81. The molecule has 2 unspecified atom stereocenters. The number of aliphatic imine (C=N–C) groups is 1. The lowest BCUT2D eigenvalue weighted by molar-refractivity contribution is 0.214. The smallest absolute Gasteiger partial charge is 0.191 e. The summed E-state index contributed by atoms with van der Waals surface area (Å²) in [5, 5.41) is 6.93. The summed E-state index contributed by atoms with van der Waals surface area (Å²) in [6.07, 6.45) is 7.78. The van der Waals surface area contributed by atoms with Gasteiger partial charge in [0.2, 0.25) is 0 Å². The largest absolute Gasteiger partial charge is 0.357 e. The van der Waals surface area contributed by atoms with Crippen LogP contribution in [0.2, 0.25) is 0 Å². The molecule has 2 N–H and O–H groups in total. The Morgan fingerprint density at radius 1 is 1.33 bits per heavy atom. The molecule has 0 bridgehead atoms. The third kappa shape index (κ3) is 8.30. The third-order valence-electron chi connectivity index (χ3n) is 4.20. The second kappa shape index (κ2) is 10.9. The van der Waals surface area contributed by atoms with E-state index in [4.69, 9.17) is 4.99 Å². The molecule has 1 aliphatic heterocycles. The highest BCUT2D eigenvalue weighted by molar-refractivity contribution is 5.80. The standard InChI is InChI=1S/C17H36N4/c1-5-7-8-10-15(3)20-17(18-6-2)19-13-16-11-9-12-21(4)14-16/h15-16H,5-14H2,1-4H3,(H2,18,19,20). The van der Waals surface area contributed by atoms with E-state index in [9.17, 15) is 0 Å². The Bertz CT molecular complexity index is 291. The van der Waals surface area contributed by atoms with Gasteiger partial charge in [-0.15, -0.1) is 0 Å². The van der Waals surface area contributed by atoms with Gasteiger partial charge >= 0.3 is 0 Å². The van der Waals surface area contributed by atoms with Crippen LogP contribution >= 0.6 is 0 Å². The fraction of sp³-hybridized carbons (Fsp3) is 0.941. The van der Waals surface area contributed by atoms with Crippen molar-refractivity contribution in [3.63, 3.8) is 0 Å². The Labute approximate surface area is 131 Å². The molecule has 0 radical (unpaired) electrons. The number of hydrogen-bond acceptors (Lipinski definition) is 2. The predicted molar refractivity (Wildman–Crippen MR) is 92.9 cm³/mol. The lowest BCUT2D eigenvalue weighted by Crippen LogP contribution is -2.43. The van der Waals surface area contributed by atoms with E-state index in [2.05, 4.69) is 43.4 Å². The normalized spacial score (nSPS) is 22.1. The maximum Gasteiger partial charge on any atom is 0.191 e. The van der Waals surface area contributed by atoms with Crippen molar-refractivity contribution < 1.29 is 0 Å². The van der Waals surface area contributed by atoms with Gasteiger partial charge in [0.15, 0.2) is 5.96 Å². The molecule has 0 amide bonds. The molecule has 2 atom stereocenters. The van der Waals surface area contributed by atoms with E-state index < -0.39 is 0 Å². The van der Waals surface area contributed by atoms with Gasteiger partial charge in [0.1, 0.15) is 0 Å². The third-order valence-corrected chi connectivity index (χ3v) is 4.20. The number of rotatable bonds is 8. The van der Waals surface area contributed by atoms with Gasteiger partial charge in [0, 0.05) is 25.7 Å². The molecule has 1 saturated heterocycles. The van der Waals surface area contributed by atoms with Crippen molar-refractivity contribution in [2.75, 3.05) is 33.2 Å². The molecule has 4 nitrogen and oxygen atoms in total. The summed E-state index contributed by atoms with van der Waals surface area (Å²) < 4.78 is 0. The summed E-state index contributed by atoms with van der Waals surface area (Å²) in [7, 11) is 2.22. The second-order valence-corrected chi connectivity index (χ2v) is 6.53. The summed E-state index contributed by atoms with van der Waals surface area (Å²) in [6, 6.07) is 0.503. The summed E-state index contributed by atoms with van der Waals surface area (Å²) in [5.74, 6) is 1.71. The number of likely N-dealkylation sites (tertiary alicyclic amines) is 1. The monoisotopic (exact) mass is 296 g/mol. The lowest BCUT2D eigenvalue weighted by atomic mass is 9.99. The SMILES string of the molecule is CCCCCC(C)NC(=NCC1CCCN(C)C1)NCC. The molecule has 1 aliphatic rings. The Morgan fingerprint density at radius 3 is 2.81 bits per heavy atom. The number of nitrogens with zero attached hydrogens (tertiary/aromatic N) is 2. The van der Waals surface area contributed by atoms with Crippen molar-refractivity contribution in [3.05, 3.63) is 0 Å². The molecule has 1 rings (SSSR count). The second-order valence-electron chi connectivity index (χ2n) is 6.53. The van der Waals surface area contributed by atoms with E-state index in [1.165, 1.54) is 51.6 Å². The zero-order chi connectivity index (χ0) is 15.5. The molecular weight excluding hydrogens is 260 g/mol. The van der Waals surface area contributed by atoms with E-state index in [1.54, 1.807) is 0 Å². The van der Waals surface area contributed by atoms with E-state index in [0.717, 1.165) is 25.0 Å². The molecule has 0 spiro atoms. The first kappa shape index (κ1) is 18.3. The fourth-order valence-electron chi connectivity index (χ4n) is 2.97. The van der Waals surface area contributed by atoms with Crippen LogP contribution in [0.4, 0.5) is 0 Å². The minimum Gasteiger partial charge on any atom is -0.357 e. The average molecular weight is 297 g/mol. The first-order valence-corrected chi connectivity index (χ1v) is 8.89. The quantitative estimate of drug-likeness (QED) is 0.411. The number of unbranched alkanes of at least 4 members (excludes halogenated alkanes) is 2. The molecule has 0 aromatic heterocycles. The van der Waals surface area contributed by atoms with E-state index in [-0.39, 0.29) is 0 Å². The minimum absolute atomic E-state index is 0.503. The van der Waals surface area contributed by atoms with Crippen LogP contribution in [-0.4, -0.2) is 50.1 Å². The Kier molecular flexibility index (Phi) is 9.48. The number of guanidine groups is 1. The Balaban J connectivity index is 2.37. The molecule has 0 aromatic rings. The highest BCUT2D eigenvalue weighted by atomic mass is 15.2. The van der Waals surface area contributed by atoms with Gasteiger partial charge in [-0.1, -0.05) is 26.2 Å². The van der Waals surface area contributed by atoms with Gasteiger partial charge in [-0.2, -0.15) is 0 Å². The van der Waals surface area contributed by atoms with Crippen molar-refractivity contribution in [2.45, 2.75) is 65.3 Å². The van der Waals surface area contributed by atoms with Gasteiger partial charge in [-0.3, -0.25) is 4.99 Å². The van der Waals surface area contributed by atoms with Gasteiger partial charge in [-0.05, 0) is 52.6 Å². The lowest BCUT2D eigenvalue weighted by Gasteiger charge is -2.29. The fourth-order valence-corrected chi connectivity index (χ4v) is 2.97. The number of piperidine rings is 1. The van der Waals surface area contributed by atoms with Crippen LogP contribution < -0.4 is 10.6 Å². The molecule has 1 heterocycles. The van der Waals surface area contributed by atoms with Gasteiger partial charge in [-0.25, -0.2) is 0 Å². The minimum atomic E-state index is 0.503. The predicted octanol–water partition coefficient (Wildman–Crippen LogP) is 2.85. The average Bonchev–Trinajstić information content (AvgIpc) is 2.45. The van der Waals surface area contributed by atoms with Crippen LogP contribution in [0.25, 0.3) is 0 Å². The van der Waals surface area contributed by atoms with E-state index in [0.29, 0.717) is 6.04 Å². The highest BCUT2D eigenvalue weighted by Crippen LogP contribution is 2.15. The van der Waals surface area contributed by atoms with Crippen LogP contribution in [0.5, 0.6) is 0 Å². The highest BCUT2D eigenvalue weighted by Gasteiger charge is 2.16. The van der Waals surface area contributed by atoms with Gasteiger partial charge in [0.25, 0.3) is 0 Å². The molecular formula is C17H36N4. The molecule has 0 saturated carbocycles.